The van der Waals surface area contributed by atoms with E-state index in [1.54, 1.807) is 0 Å². The van der Waals surface area contributed by atoms with Gasteiger partial charge in [0.15, 0.2) is 0 Å². The molecule has 0 aliphatic carbocycles. The molecule has 0 amide bonds. The molecule has 0 aromatic heterocycles. The zero-order valence-electron chi connectivity index (χ0n) is 8.73. The van der Waals surface area contributed by atoms with Gasteiger partial charge in [0.25, 0.3) is 0 Å². The number of nitrogens with zero attached hydrogens (tertiary/aromatic N) is 1. The number of aliphatic imine (C=N–C) groups is 1. The van der Waals surface area contributed by atoms with Gasteiger partial charge in [-0.2, -0.15) is 0 Å². The van der Waals surface area contributed by atoms with E-state index in [0.29, 0.717) is 18.4 Å². The summed E-state index contributed by atoms with van der Waals surface area (Å²) < 4.78 is 12.2. The first kappa shape index (κ1) is 12.3. The third-order valence-corrected chi connectivity index (χ3v) is 1.86. The average molecular weight is 186 g/mol. The van der Waals surface area contributed by atoms with Gasteiger partial charge in [0, 0.05) is 12.3 Å². The normalized spacial score (nSPS) is 13.5. The average Bonchev–Trinajstić information content (AvgIpc) is 2.19. The Labute approximate surface area is 79.9 Å². The van der Waals surface area contributed by atoms with Gasteiger partial charge in [-0.05, 0) is 26.3 Å². The molecule has 0 rings (SSSR count). The summed E-state index contributed by atoms with van der Waals surface area (Å²) in [5.41, 5.74) is 1.59. The maximum Gasteiger partial charge on any atom is 0.108 e. The summed E-state index contributed by atoms with van der Waals surface area (Å²) in [6.07, 6.45) is 3.03. The molecule has 0 saturated carbocycles. The number of allylic oxidation sites excluding steroid dienone is 1. The largest absolute Gasteiger partial charge is 0.319 e. The molecule has 0 aromatic rings. The van der Waals surface area contributed by atoms with Gasteiger partial charge in [0.05, 0.1) is 5.70 Å². The molecular formula is C10H19FN2. The lowest BCUT2D eigenvalue weighted by Crippen LogP contribution is -2.12. The van der Waals surface area contributed by atoms with E-state index in [-0.39, 0.29) is 0 Å². The van der Waals surface area contributed by atoms with Crippen LogP contribution in [-0.4, -0.2) is 19.3 Å². The molecule has 0 fully saturated rings. The molecule has 0 saturated heterocycles. The summed E-state index contributed by atoms with van der Waals surface area (Å²) in [7, 11) is 1.90. The molecule has 2 nitrogen and oxygen atoms in total. The zero-order valence-corrected chi connectivity index (χ0v) is 8.73. The van der Waals surface area contributed by atoms with Crippen LogP contribution in [0.25, 0.3) is 0 Å². The monoisotopic (exact) mass is 186 g/mol. The summed E-state index contributed by atoms with van der Waals surface area (Å²) in [4.78, 5) is 4.23. The molecule has 0 aliphatic heterocycles. The van der Waals surface area contributed by atoms with Gasteiger partial charge in [0.2, 0.25) is 0 Å². The second-order valence-electron chi connectivity index (χ2n) is 2.84. The summed E-state index contributed by atoms with van der Waals surface area (Å²) >= 11 is 0. The lowest BCUT2D eigenvalue weighted by atomic mass is 10.2. The van der Waals surface area contributed by atoms with E-state index in [9.17, 15) is 4.39 Å². The van der Waals surface area contributed by atoms with Crippen LogP contribution in [0.5, 0.6) is 0 Å². The second kappa shape index (κ2) is 7.92. The van der Waals surface area contributed by atoms with Crippen molar-refractivity contribution in [1.82, 2.24) is 5.32 Å². The molecule has 13 heavy (non-hydrogen) atoms. The van der Waals surface area contributed by atoms with E-state index in [1.165, 1.54) is 0 Å². The van der Waals surface area contributed by atoms with Crippen LogP contribution in [-0.2, 0) is 0 Å². The van der Waals surface area contributed by atoms with Crippen LogP contribution < -0.4 is 5.32 Å². The highest BCUT2D eigenvalue weighted by atomic mass is 19.1. The molecule has 0 bridgehead atoms. The first-order valence-electron chi connectivity index (χ1n) is 4.78. The first-order valence-corrected chi connectivity index (χ1v) is 4.78. The Hall–Kier alpha value is -0.700. The van der Waals surface area contributed by atoms with Crippen LogP contribution >= 0.6 is 0 Å². The standard InChI is InChI=1S/C10H19FN2/c1-4-9(6-7-12-3)13-10(5-2)8-11/h8,12H,4-7H2,1-3H3/b10-8-,13-9+. The first-order chi connectivity index (χ1) is 6.28. The van der Waals surface area contributed by atoms with Crippen LogP contribution in [0.3, 0.4) is 0 Å². The van der Waals surface area contributed by atoms with Crippen molar-refractivity contribution in [2.24, 2.45) is 4.99 Å². The van der Waals surface area contributed by atoms with Crippen LogP contribution in [0.1, 0.15) is 33.1 Å². The topological polar surface area (TPSA) is 24.4 Å². The van der Waals surface area contributed by atoms with E-state index in [2.05, 4.69) is 10.3 Å². The molecule has 1 N–H and O–H groups in total. The van der Waals surface area contributed by atoms with Crippen LogP contribution in [0, 0.1) is 0 Å². The van der Waals surface area contributed by atoms with E-state index in [0.717, 1.165) is 25.1 Å². The van der Waals surface area contributed by atoms with Gasteiger partial charge in [0.1, 0.15) is 6.33 Å². The fourth-order valence-electron chi connectivity index (χ4n) is 0.965. The smallest absolute Gasteiger partial charge is 0.108 e. The Bertz CT molecular complexity index is 185. The number of nitrogens with one attached hydrogen (secondary N) is 1. The van der Waals surface area contributed by atoms with E-state index in [4.69, 9.17) is 0 Å². The maximum atomic E-state index is 12.2. The molecule has 0 spiro atoms. The highest BCUT2D eigenvalue weighted by Crippen LogP contribution is 2.06. The van der Waals surface area contributed by atoms with Crippen molar-refractivity contribution in [2.45, 2.75) is 33.1 Å². The Morgan fingerprint density at radius 1 is 1.38 bits per heavy atom. The summed E-state index contributed by atoms with van der Waals surface area (Å²) in [6, 6.07) is 0. The van der Waals surface area contributed by atoms with Crippen molar-refractivity contribution < 1.29 is 4.39 Å². The van der Waals surface area contributed by atoms with Crippen molar-refractivity contribution in [2.75, 3.05) is 13.6 Å². The zero-order chi connectivity index (χ0) is 10.1. The van der Waals surface area contributed by atoms with E-state index in [1.807, 2.05) is 20.9 Å². The van der Waals surface area contributed by atoms with E-state index >= 15 is 0 Å². The van der Waals surface area contributed by atoms with Gasteiger partial charge < -0.3 is 5.32 Å². The minimum absolute atomic E-state index is 0.535. The fraction of sp³-hybridized carbons (Fsp3) is 0.700. The van der Waals surface area contributed by atoms with Gasteiger partial charge in [-0.25, -0.2) is 4.39 Å². The Kier molecular flexibility index (Phi) is 7.50. The predicted molar refractivity (Wildman–Crippen MR) is 55.8 cm³/mol. The van der Waals surface area contributed by atoms with Gasteiger partial charge in [-0.1, -0.05) is 13.8 Å². The Balaban J connectivity index is 4.19. The van der Waals surface area contributed by atoms with Crippen molar-refractivity contribution in [1.29, 1.82) is 0 Å². The highest BCUT2D eigenvalue weighted by Gasteiger charge is 1.97. The molecule has 3 heteroatoms. The van der Waals surface area contributed by atoms with Gasteiger partial charge in [-0.15, -0.1) is 0 Å². The predicted octanol–water partition coefficient (Wildman–Crippen LogP) is 2.67. The van der Waals surface area contributed by atoms with Crippen molar-refractivity contribution >= 4 is 5.71 Å². The minimum atomic E-state index is 0.535. The number of hydrogen-bond donors (Lipinski definition) is 1. The van der Waals surface area contributed by atoms with Crippen molar-refractivity contribution in [3.63, 3.8) is 0 Å². The van der Waals surface area contributed by atoms with Gasteiger partial charge in [-0.3, -0.25) is 4.99 Å². The molecule has 0 radical (unpaired) electrons. The SMILES string of the molecule is CCC(=C/F)/N=C(\CC)CCNC. The molecule has 0 unspecified atom stereocenters. The van der Waals surface area contributed by atoms with Crippen LogP contribution in [0.15, 0.2) is 17.0 Å². The van der Waals surface area contributed by atoms with Crippen LogP contribution in [0.2, 0.25) is 0 Å². The van der Waals surface area contributed by atoms with Crippen molar-refractivity contribution in [3.05, 3.63) is 12.0 Å². The van der Waals surface area contributed by atoms with Crippen LogP contribution in [0.4, 0.5) is 4.39 Å². The Morgan fingerprint density at radius 3 is 2.46 bits per heavy atom. The molecule has 0 aromatic carbocycles. The second-order valence-corrected chi connectivity index (χ2v) is 2.84. The molecule has 0 aliphatic rings. The molecule has 0 atom stereocenters. The van der Waals surface area contributed by atoms with Crippen molar-refractivity contribution in [3.8, 4) is 0 Å². The molecule has 0 heterocycles. The maximum absolute atomic E-state index is 12.2. The third-order valence-electron chi connectivity index (χ3n) is 1.86. The summed E-state index contributed by atoms with van der Waals surface area (Å²) in [6.45, 7) is 4.84. The fourth-order valence-corrected chi connectivity index (χ4v) is 0.965. The quantitative estimate of drug-likeness (QED) is 0.634. The number of halogens is 1. The van der Waals surface area contributed by atoms with E-state index < -0.39 is 0 Å². The molecule has 76 valence electrons. The highest BCUT2D eigenvalue weighted by molar-refractivity contribution is 5.85. The minimum Gasteiger partial charge on any atom is -0.319 e. The van der Waals surface area contributed by atoms with Gasteiger partial charge >= 0.3 is 0 Å². The lowest BCUT2D eigenvalue weighted by Gasteiger charge is -2.03. The number of hydrogen-bond acceptors (Lipinski definition) is 2. The summed E-state index contributed by atoms with van der Waals surface area (Å²) in [5.74, 6) is 0. The third kappa shape index (κ3) is 5.53. The summed E-state index contributed by atoms with van der Waals surface area (Å²) in [5, 5.41) is 3.05. The molecular weight excluding hydrogens is 167 g/mol. The number of rotatable bonds is 6. The lowest BCUT2D eigenvalue weighted by molar-refractivity contribution is 0.699. The Morgan fingerprint density at radius 2 is 2.08 bits per heavy atom.